The van der Waals surface area contributed by atoms with Crippen LogP contribution in [0.1, 0.15) is 35.0 Å². The maximum Gasteiger partial charge on any atom is 0.374 e. The molecule has 3 rings (SSSR count). The molecule has 0 bridgehead atoms. The Bertz CT molecular complexity index is 1040. The third kappa shape index (κ3) is 4.56. The number of methoxy groups -OCH3 is 2. The summed E-state index contributed by atoms with van der Waals surface area (Å²) in [6.07, 6.45) is 0.574. The van der Waals surface area contributed by atoms with Crippen LogP contribution in [0.15, 0.2) is 46.9 Å². The van der Waals surface area contributed by atoms with E-state index < -0.39 is 11.9 Å². The lowest BCUT2D eigenvalue weighted by Gasteiger charge is -2.12. The molecule has 0 saturated heterocycles. The molecule has 158 valence electrons. The van der Waals surface area contributed by atoms with E-state index in [2.05, 4.69) is 0 Å². The predicted octanol–water partition coefficient (Wildman–Crippen LogP) is 4.30. The Morgan fingerprint density at radius 1 is 0.967 bits per heavy atom. The van der Waals surface area contributed by atoms with Gasteiger partial charge in [-0.25, -0.2) is 4.79 Å². The molecule has 3 aromatic rings. The zero-order valence-corrected chi connectivity index (χ0v) is 17.2. The minimum absolute atomic E-state index is 0.0558. The van der Waals surface area contributed by atoms with Crippen molar-refractivity contribution in [1.82, 2.24) is 0 Å². The number of carbonyl (C=O) groups excluding carboxylic acids is 2. The van der Waals surface area contributed by atoms with Crippen molar-refractivity contribution in [1.29, 1.82) is 0 Å². The Morgan fingerprint density at radius 3 is 2.50 bits per heavy atom. The van der Waals surface area contributed by atoms with E-state index in [9.17, 15) is 9.59 Å². The Hall–Kier alpha value is -3.48. The van der Waals surface area contributed by atoms with Gasteiger partial charge in [0.2, 0.25) is 5.76 Å². The van der Waals surface area contributed by atoms with Crippen molar-refractivity contribution in [2.45, 2.75) is 26.4 Å². The van der Waals surface area contributed by atoms with E-state index in [1.165, 1.54) is 0 Å². The summed E-state index contributed by atoms with van der Waals surface area (Å²) in [5, 5.41) is 0.711. The van der Waals surface area contributed by atoms with E-state index in [0.717, 1.165) is 5.56 Å². The molecule has 0 aliphatic carbocycles. The molecule has 2 aromatic carbocycles. The van der Waals surface area contributed by atoms with Gasteiger partial charge in [0, 0.05) is 11.8 Å². The van der Waals surface area contributed by atoms with Gasteiger partial charge in [0.1, 0.15) is 12.2 Å². The molecule has 1 aromatic heterocycles. The molecule has 0 radical (unpaired) electrons. The summed E-state index contributed by atoms with van der Waals surface area (Å²) in [6, 6.07) is 12.7. The van der Waals surface area contributed by atoms with Gasteiger partial charge in [-0.3, -0.25) is 4.79 Å². The molecule has 0 aliphatic rings. The van der Waals surface area contributed by atoms with Crippen LogP contribution >= 0.6 is 0 Å². The van der Waals surface area contributed by atoms with Crippen LogP contribution in [0, 0.1) is 0 Å². The van der Waals surface area contributed by atoms with E-state index >= 15 is 0 Å². The summed E-state index contributed by atoms with van der Waals surface area (Å²) < 4.78 is 26.8. The lowest BCUT2D eigenvalue weighted by Crippen LogP contribution is -2.10. The van der Waals surface area contributed by atoms with E-state index in [0.29, 0.717) is 34.5 Å². The van der Waals surface area contributed by atoms with Gasteiger partial charge in [0.15, 0.2) is 11.5 Å². The first-order valence-corrected chi connectivity index (χ1v) is 9.62. The van der Waals surface area contributed by atoms with Gasteiger partial charge in [-0.2, -0.15) is 0 Å². The second kappa shape index (κ2) is 9.82. The van der Waals surface area contributed by atoms with Crippen molar-refractivity contribution in [2.24, 2.45) is 0 Å². The lowest BCUT2D eigenvalue weighted by atomic mass is 10.1. The second-order valence-electron chi connectivity index (χ2n) is 6.44. The molecule has 0 aliphatic heterocycles. The molecule has 0 fully saturated rings. The fourth-order valence-electron chi connectivity index (χ4n) is 3.22. The van der Waals surface area contributed by atoms with E-state index in [1.807, 2.05) is 24.3 Å². The topological polar surface area (TPSA) is 84.2 Å². The quantitative estimate of drug-likeness (QED) is 0.484. The predicted molar refractivity (Wildman–Crippen MR) is 110 cm³/mol. The molecule has 0 atom stereocenters. The number of hydrogen-bond acceptors (Lipinski definition) is 7. The molecule has 30 heavy (non-hydrogen) atoms. The smallest absolute Gasteiger partial charge is 0.374 e. The summed E-state index contributed by atoms with van der Waals surface area (Å²) in [4.78, 5) is 24.6. The molecule has 0 spiro atoms. The summed E-state index contributed by atoms with van der Waals surface area (Å²) >= 11 is 0. The number of rotatable bonds is 9. The molecule has 7 nitrogen and oxygen atoms in total. The van der Waals surface area contributed by atoms with Crippen molar-refractivity contribution in [3.8, 4) is 11.5 Å². The number of para-hydroxylation sites is 2. The van der Waals surface area contributed by atoms with Crippen LogP contribution in [0.25, 0.3) is 11.0 Å². The third-order valence-corrected chi connectivity index (χ3v) is 4.62. The van der Waals surface area contributed by atoms with Crippen LogP contribution in [0.2, 0.25) is 0 Å². The minimum atomic E-state index is -0.583. The van der Waals surface area contributed by atoms with E-state index in [1.54, 1.807) is 39.3 Å². The lowest BCUT2D eigenvalue weighted by molar-refractivity contribution is -0.144. The summed E-state index contributed by atoms with van der Waals surface area (Å²) in [5.74, 6) is 0.270. The highest BCUT2D eigenvalue weighted by molar-refractivity contribution is 5.96. The molecule has 7 heteroatoms. The first-order chi connectivity index (χ1) is 14.6. The standard InChI is InChI=1S/C23H24O7/c1-4-28-23(25)22-17(16-9-5-6-10-18(16)30-22)14-29-20(24)13-12-15-8-7-11-19(26-2)21(15)27-3/h5-11H,4,12-14H2,1-3H3. The Morgan fingerprint density at radius 2 is 1.77 bits per heavy atom. The number of fused-ring (bicyclic) bond motifs is 1. The highest BCUT2D eigenvalue weighted by Crippen LogP contribution is 2.32. The molecular weight excluding hydrogens is 388 g/mol. The first-order valence-electron chi connectivity index (χ1n) is 9.62. The fraction of sp³-hybridized carbons (Fsp3) is 0.304. The number of carbonyl (C=O) groups is 2. The van der Waals surface area contributed by atoms with Gasteiger partial charge in [-0.1, -0.05) is 30.3 Å². The summed E-state index contributed by atoms with van der Waals surface area (Å²) in [5.41, 5.74) is 1.87. The van der Waals surface area contributed by atoms with Crippen LogP contribution in [0.4, 0.5) is 0 Å². The zero-order valence-electron chi connectivity index (χ0n) is 17.2. The SMILES string of the molecule is CCOC(=O)c1oc2ccccc2c1COC(=O)CCc1cccc(OC)c1OC. The first kappa shape index (κ1) is 21.2. The van der Waals surface area contributed by atoms with Crippen LogP contribution in [-0.2, 0) is 27.3 Å². The number of furan rings is 1. The average Bonchev–Trinajstić information content (AvgIpc) is 3.14. The number of ether oxygens (including phenoxy) is 4. The van der Waals surface area contributed by atoms with Crippen molar-refractivity contribution in [2.75, 3.05) is 20.8 Å². The van der Waals surface area contributed by atoms with Gasteiger partial charge in [0.05, 0.1) is 26.4 Å². The van der Waals surface area contributed by atoms with Gasteiger partial charge >= 0.3 is 11.9 Å². The van der Waals surface area contributed by atoms with Crippen LogP contribution in [0.3, 0.4) is 0 Å². The maximum atomic E-state index is 12.4. The number of aryl methyl sites for hydroxylation is 1. The number of benzene rings is 2. The molecular formula is C23H24O7. The van der Waals surface area contributed by atoms with Crippen molar-refractivity contribution >= 4 is 22.9 Å². The van der Waals surface area contributed by atoms with Crippen LogP contribution < -0.4 is 9.47 Å². The Balaban J connectivity index is 1.70. The molecule has 0 amide bonds. The molecule has 0 unspecified atom stereocenters. The van der Waals surface area contributed by atoms with E-state index in [-0.39, 0.29) is 25.4 Å². The number of hydrogen-bond donors (Lipinski definition) is 0. The second-order valence-corrected chi connectivity index (χ2v) is 6.44. The van der Waals surface area contributed by atoms with Crippen LogP contribution in [-0.4, -0.2) is 32.8 Å². The van der Waals surface area contributed by atoms with Crippen molar-refractivity contribution in [3.05, 3.63) is 59.4 Å². The Labute approximate surface area is 174 Å². The Kier molecular flexibility index (Phi) is 6.95. The normalized spacial score (nSPS) is 10.6. The van der Waals surface area contributed by atoms with Gasteiger partial charge in [-0.15, -0.1) is 0 Å². The monoisotopic (exact) mass is 412 g/mol. The molecule has 0 N–H and O–H groups in total. The average molecular weight is 412 g/mol. The van der Waals surface area contributed by atoms with Crippen LogP contribution in [0.5, 0.6) is 11.5 Å². The third-order valence-electron chi connectivity index (χ3n) is 4.62. The van der Waals surface area contributed by atoms with Crippen molar-refractivity contribution < 1.29 is 33.0 Å². The molecule has 0 saturated carbocycles. The zero-order chi connectivity index (χ0) is 21.5. The fourth-order valence-corrected chi connectivity index (χ4v) is 3.22. The van der Waals surface area contributed by atoms with Gasteiger partial charge in [0.25, 0.3) is 0 Å². The minimum Gasteiger partial charge on any atom is -0.493 e. The number of esters is 2. The summed E-state index contributed by atoms with van der Waals surface area (Å²) in [6.45, 7) is 1.85. The van der Waals surface area contributed by atoms with Gasteiger partial charge in [-0.05, 0) is 31.0 Å². The highest BCUT2D eigenvalue weighted by Gasteiger charge is 2.22. The highest BCUT2D eigenvalue weighted by atomic mass is 16.5. The van der Waals surface area contributed by atoms with Gasteiger partial charge < -0.3 is 23.4 Å². The van der Waals surface area contributed by atoms with Crippen molar-refractivity contribution in [3.63, 3.8) is 0 Å². The maximum absolute atomic E-state index is 12.4. The van der Waals surface area contributed by atoms with E-state index in [4.69, 9.17) is 23.4 Å². The summed E-state index contributed by atoms with van der Waals surface area (Å²) in [7, 11) is 3.12. The molecule has 1 heterocycles. The largest absolute Gasteiger partial charge is 0.493 e.